The molecule has 11 heteroatoms. The highest BCUT2D eigenvalue weighted by Crippen LogP contribution is 2.54. The second-order valence-electron chi connectivity index (χ2n) is 12.7. The van der Waals surface area contributed by atoms with Crippen LogP contribution in [0, 0.1) is 12.3 Å². The molecule has 1 aromatic heterocycles. The minimum Gasteiger partial charge on any atom is -0.444 e. The quantitative estimate of drug-likeness (QED) is 0.546. The zero-order valence-corrected chi connectivity index (χ0v) is 23.4. The molecule has 38 heavy (non-hydrogen) atoms. The Kier molecular flexibility index (Phi) is 7.41. The second-order valence-corrected chi connectivity index (χ2v) is 12.7. The molecule has 4 fully saturated rings. The van der Waals surface area contributed by atoms with Crippen LogP contribution < -0.4 is 4.90 Å². The van der Waals surface area contributed by atoms with Crippen LogP contribution in [0.3, 0.4) is 0 Å². The Hall–Kier alpha value is -1.98. The number of likely N-dealkylation sites (tertiary alicyclic amines) is 1. The van der Waals surface area contributed by atoms with Crippen molar-refractivity contribution in [1.29, 1.82) is 0 Å². The van der Waals surface area contributed by atoms with Crippen molar-refractivity contribution in [3.8, 4) is 0 Å². The molecule has 2 atom stereocenters. The SMILES string of the molecule is CC[C@@]1(C(F)F)CN(C[C@@H]2COCCO2)CCN1c1cc(C)n(C2CC3(C2)CN(C(=O)OC(C)(C)C)C3)n1. The lowest BCUT2D eigenvalue weighted by atomic mass is 9.61. The lowest BCUT2D eigenvalue weighted by molar-refractivity contribution is -0.103. The highest BCUT2D eigenvalue weighted by Gasteiger charge is 2.56. The Morgan fingerprint density at radius 1 is 1.21 bits per heavy atom. The molecule has 0 unspecified atom stereocenters. The maximum atomic E-state index is 14.8. The van der Waals surface area contributed by atoms with Gasteiger partial charge in [-0.25, -0.2) is 13.6 Å². The number of alkyl halides is 2. The van der Waals surface area contributed by atoms with E-state index in [9.17, 15) is 13.6 Å². The van der Waals surface area contributed by atoms with Gasteiger partial charge in [0, 0.05) is 56.4 Å². The summed E-state index contributed by atoms with van der Waals surface area (Å²) in [4.78, 5) is 18.0. The van der Waals surface area contributed by atoms with Gasteiger partial charge >= 0.3 is 6.09 Å². The third kappa shape index (κ3) is 5.25. The van der Waals surface area contributed by atoms with E-state index in [1.807, 2.05) is 50.3 Å². The number of amides is 1. The fourth-order valence-electron chi connectivity index (χ4n) is 6.65. The number of anilines is 1. The lowest BCUT2D eigenvalue weighted by Gasteiger charge is -2.58. The number of carbonyl (C=O) groups excluding carboxylic acids is 1. The summed E-state index contributed by atoms with van der Waals surface area (Å²) in [6, 6.07) is 2.18. The average molecular weight is 540 g/mol. The summed E-state index contributed by atoms with van der Waals surface area (Å²) < 4.78 is 48.3. The first kappa shape index (κ1) is 27.6. The molecule has 1 spiro atoms. The largest absolute Gasteiger partial charge is 0.444 e. The molecule has 5 rings (SSSR count). The van der Waals surface area contributed by atoms with Crippen LogP contribution in [0.2, 0.25) is 0 Å². The van der Waals surface area contributed by atoms with Gasteiger partial charge in [-0.2, -0.15) is 5.10 Å². The monoisotopic (exact) mass is 539 g/mol. The smallest absolute Gasteiger partial charge is 0.410 e. The van der Waals surface area contributed by atoms with E-state index in [0.29, 0.717) is 64.8 Å². The molecule has 1 saturated carbocycles. The molecule has 0 bridgehead atoms. The number of ether oxygens (including phenoxy) is 3. The number of aromatic nitrogens is 2. The Bertz CT molecular complexity index is 994. The van der Waals surface area contributed by atoms with Crippen LogP contribution in [0.5, 0.6) is 0 Å². The van der Waals surface area contributed by atoms with Gasteiger partial charge in [-0.15, -0.1) is 0 Å². The van der Waals surface area contributed by atoms with Crippen LogP contribution in [-0.2, 0) is 14.2 Å². The van der Waals surface area contributed by atoms with Gasteiger partial charge in [0.2, 0.25) is 0 Å². The summed E-state index contributed by atoms with van der Waals surface area (Å²) in [6.07, 6.45) is -0.660. The van der Waals surface area contributed by atoms with Crippen molar-refractivity contribution in [3.63, 3.8) is 0 Å². The first-order valence-corrected chi connectivity index (χ1v) is 14.0. The van der Waals surface area contributed by atoms with E-state index >= 15 is 0 Å². The standard InChI is InChI=1S/C27H43F2N5O4/c1-6-27(23(28)29)18-31(14-21-15-36-9-10-37-21)7-8-33(27)22-11-19(2)34(30-22)20-12-26(13-20)16-32(17-26)24(35)38-25(3,4)5/h11,20-21,23H,6-10,12-18H2,1-5H3/t21-,27+/m1/s1. The van der Waals surface area contributed by atoms with E-state index in [-0.39, 0.29) is 30.2 Å². The number of piperazine rings is 1. The summed E-state index contributed by atoms with van der Waals surface area (Å²) in [5.41, 5.74) is -0.702. The number of hydrogen-bond donors (Lipinski definition) is 0. The number of carbonyl (C=O) groups is 1. The minimum absolute atomic E-state index is 0.0762. The van der Waals surface area contributed by atoms with Crippen molar-refractivity contribution in [2.45, 2.75) is 83.6 Å². The Morgan fingerprint density at radius 2 is 1.95 bits per heavy atom. The van der Waals surface area contributed by atoms with E-state index in [1.54, 1.807) is 4.90 Å². The molecule has 9 nitrogen and oxygen atoms in total. The van der Waals surface area contributed by atoms with Crippen LogP contribution in [0.1, 0.15) is 58.7 Å². The summed E-state index contributed by atoms with van der Waals surface area (Å²) in [7, 11) is 0. The topological polar surface area (TPSA) is 72.3 Å². The maximum absolute atomic E-state index is 14.8. The third-order valence-electron chi connectivity index (χ3n) is 8.61. The fraction of sp³-hybridized carbons (Fsp3) is 0.852. The van der Waals surface area contributed by atoms with E-state index in [2.05, 4.69) is 4.90 Å². The van der Waals surface area contributed by atoms with Gasteiger partial charge in [-0.3, -0.25) is 9.58 Å². The molecular formula is C27H43F2N5O4. The summed E-state index contributed by atoms with van der Waals surface area (Å²) in [5, 5.41) is 4.89. The van der Waals surface area contributed by atoms with Crippen molar-refractivity contribution >= 4 is 11.9 Å². The minimum atomic E-state index is -2.51. The van der Waals surface area contributed by atoms with E-state index in [0.717, 1.165) is 18.5 Å². The molecule has 214 valence electrons. The molecule has 4 aliphatic rings. The van der Waals surface area contributed by atoms with Crippen molar-refractivity contribution in [2.75, 3.05) is 64.0 Å². The van der Waals surface area contributed by atoms with Gasteiger partial charge in [-0.05, 0) is 47.0 Å². The molecule has 3 saturated heterocycles. The Balaban J connectivity index is 1.23. The molecular weight excluding hydrogens is 496 g/mol. The molecule has 0 aromatic carbocycles. The van der Waals surface area contributed by atoms with Crippen LogP contribution in [-0.4, -0.2) is 108 Å². The van der Waals surface area contributed by atoms with E-state index in [1.165, 1.54) is 0 Å². The summed E-state index contributed by atoms with van der Waals surface area (Å²) in [6.45, 7) is 14.5. The number of rotatable bonds is 6. The first-order chi connectivity index (χ1) is 17.9. The number of nitrogens with zero attached hydrogens (tertiary/aromatic N) is 5. The zero-order chi connectivity index (χ0) is 27.3. The second kappa shape index (κ2) is 10.2. The predicted octanol–water partition coefficient (Wildman–Crippen LogP) is 3.71. The molecule has 3 aliphatic heterocycles. The van der Waals surface area contributed by atoms with Gasteiger partial charge in [0.1, 0.15) is 11.1 Å². The first-order valence-electron chi connectivity index (χ1n) is 14.0. The fourth-order valence-corrected chi connectivity index (χ4v) is 6.65. The normalized spacial score (nSPS) is 28.5. The average Bonchev–Trinajstić information content (AvgIpc) is 3.17. The Morgan fingerprint density at radius 3 is 2.55 bits per heavy atom. The van der Waals surface area contributed by atoms with Crippen LogP contribution in [0.15, 0.2) is 6.07 Å². The number of halogens is 2. The van der Waals surface area contributed by atoms with Crippen molar-refractivity contribution in [1.82, 2.24) is 19.6 Å². The molecule has 1 aliphatic carbocycles. The van der Waals surface area contributed by atoms with Crippen molar-refractivity contribution in [3.05, 3.63) is 11.8 Å². The summed E-state index contributed by atoms with van der Waals surface area (Å²) in [5.74, 6) is 0.631. The maximum Gasteiger partial charge on any atom is 0.410 e. The van der Waals surface area contributed by atoms with Crippen LogP contribution in [0.4, 0.5) is 19.4 Å². The van der Waals surface area contributed by atoms with Crippen LogP contribution in [0.25, 0.3) is 0 Å². The molecule has 4 heterocycles. The molecule has 0 radical (unpaired) electrons. The third-order valence-corrected chi connectivity index (χ3v) is 8.61. The van der Waals surface area contributed by atoms with E-state index in [4.69, 9.17) is 19.3 Å². The van der Waals surface area contributed by atoms with Crippen molar-refractivity contribution in [2.24, 2.45) is 5.41 Å². The van der Waals surface area contributed by atoms with Gasteiger partial charge < -0.3 is 24.0 Å². The highest BCUT2D eigenvalue weighted by molar-refractivity contribution is 5.69. The van der Waals surface area contributed by atoms with Crippen molar-refractivity contribution < 1.29 is 27.8 Å². The van der Waals surface area contributed by atoms with Gasteiger partial charge in [-0.1, -0.05) is 6.92 Å². The lowest BCUT2D eigenvalue weighted by Crippen LogP contribution is -2.67. The van der Waals surface area contributed by atoms with E-state index < -0.39 is 17.6 Å². The number of aryl methyl sites for hydroxylation is 1. The Labute approximate surface area is 224 Å². The molecule has 1 aromatic rings. The zero-order valence-electron chi connectivity index (χ0n) is 23.4. The number of hydrogen-bond acceptors (Lipinski definition) is 7. The molecule has 0 N–H and O–H groups in total. The van der Waals surface area contributed by atoms with Gasteiger partial charge in [0.05, 0.1) is 32.0 Å². The highest BCUT2D eigenvalue weighted by atomic mass is 19.3. The predicted molar refractivity (Wildman–Crippen MR) is 139 cm³/mol. The van der Waals surface area contributed by atoms with Gasteiger partial charge in [0.25, 0.3) is 6.43 Å². The van der Waals surface area contributed by atoms with Gasteiger partial charge in [0.15, 0.2) is 5.82 Å². The summed E-state index contributed by atoms with van der Waals surface area (Å²) >= 11 is 0. The van der Waals surface area contributed by atoms with Crippen LogP contribution >= 0.6 is 0 Å². The molecule has 1 amide bonds.